The van der Waals surface area contributed by atoms with Crippen LogP contribution in [0.15, 0.2) is 24.8 Å². The van der Waals surface area contributed by atoms with Crippen molar-refractivity contribution in [2.75, 3.05) is 0 Å². The molecule has 0 rings (SSSR count). The summed E-state index contributed by atoms with van der Waals surface area (Å²) < 4.78 is 0. The molecule has 0 saturated heterocycles. The first-order chi connectivity index (χ1) is 6.27. The minimum atomic E-state index is -0.855. The maximum Gasteiger partial charge on any atom is 0.327 e. The highest BCUT2D eigenvalue weighted by molar-refractivity contribution is 5.79. The molecule has 0 aromatic carbocycles. The molecule has 0 bridgehead atoms. The third-order valence-electron chi connectivity index (χ3n) is 1.79. The number of hydrogen-bond donors (Lipinski definition) is 1. The number of hydrogen-bond acceptors (Lipinski definition) is 1. The van der Waals surface area contributed by atoms with E-state index >= 15 is 0 Å². The second-order valence-electron chi connectivity index (χ2n) is 3.02. The Morgan fingerprint density at radius 2 is 1.77 bits per heavy atom. The Bertz CT molecular complexity index is 171. The van der Waals surface area contributed by atoms with Crippen LogP contribution < -0.4 is 0 Å². The Morgan fingerprint density at radius 1 is 1.15 bits per heavy atom. The number of allylic oxidation sites excluding steroid dienone is 2. The second kappa shape index (κ2) is 9.04. The van der Waals surface area contributed by atoms with E-state index in [-0.39, 0.29) is 0 Å². The predicted molar refractivity (Wildman–Crippen MR) is 54.7 cm³/mol. The van der Waals surface area contributed by atoms with Crippen LogP contribution in [0.3, 0.4) is 0 Å². The number of unbranched alkanes of at least 4 members (excludes halogenated alkanes) is 5. The number of carboxylic acids is 1. The van der Waals surface area contributed by atoms with Gasteiger partial charge in [-0.3, -0.25) is 0 Å². The van der Waals surface area contributed by atoms with Gasteiger partial charge in [0.2, 0.25) is 0 Å². The zero-order valence-electron chi connectivity index (χ0n) is 8.04. The Morgan fingerprint density at radius 3 is 2.31 bits per heavy atom. The van der Waals surface area contributed by atoms with E-state index in [1.807, 2.05) is 6.08 Å². The zero-order valence-corrected chi connectivity index (χ0v) is 8.04. The van der Waals surface area contributed by atoms with Crippen LogP contribution in [0.1, 0.15) is 38.5 Å². The van der Waals surface area contributed by atoms with E-state index < -0.39 is 5.97 Å². The van der Waals surface area contributed by atoms with Gasteiger partial charge < -0.3 is 5.11 Å². The molecule has 0 heterocycles. The van der Waals surface area contributed by atoms with E-state index in [1.54, 1.807) is 6.08 Å². The summed E-state index contributed by atoms with van der Waals surface area (Å²) in [7, 11) is 0. The lowest BCUT2D eigenvalue weighted by atomic mass is 10.1. The smallest absolute Gasteiger partial charge is 0.327 e. The van der Waals surface area contributed by atoms with Gasteiger partial charge in [0.05, 0.1) is 0 Å². The van der Waals surface area contributed by atoms with Crippen molar-refractivity contribution in [3.05, 3.63) is 24.8 Å². The van der Waals surface area contributed by atoms with Crippen molar-refractivity contribution in [3.8, 4) is 0 Å². The molecule has 0 aromatic heterocycles. The van der Waals surface area contributed by atoms with Gasteiger partial charge in [-0.2, -0.15) is 0 Å². The third kappa shape index (κ3) is 10.9. The molecule has 2 nitrogen and oxygen atoms in total. The van der Waals surface area contributed by atoms with Crippen LogP contribution in [0.25, 0.3) is 0 Å². The number of rotatable bonds is 8. The maximum atomic E-state index is 10.1. The van der Waals surface area contributed by atoms with Crippen molar-refractivity contribution >= 4 is 5.97 Å². The molecule has 2 heteroatoms. The zero-order chi connectivity index (χ0) is 9.94. The van der Waals surface area contributed by atoms with Crippen molar-refractivity contribution in [2.24, 2.45) is 0 Å². The first-order valence-corrected chi connectivity index (χ1v) is 4.77. The highest BCUT2D eigenvalue weighted by Crippen LogP contribution is 2.05. The van der Waals surface area contributed by atoms with E-state index in [0.717, 1.165) is 19.3 Å². The van der Waals surface area contributed by atoms with Gasteiger partial charge in [-0.05, 0) is 25.7 Å². The summed E-state index contributed by atoms with van der Waals surface area (Å²) in [6.07, 6.45) is 11.5. The molecule has 13 heavy (non-hydrogen) atoms. The van der Waals surface area contributed by atoms with E-state index in [2.05, 4.69) is 6.58 Å². The average molecular weight is 182 g/mol. The van der Waals surface area contributed by atoms with Crippen LogP contribution in [0.4, 0.5) is 0 Å². The Balaban J connectivity index is 3.07. The topological polar surface area (TPSA) is 37.3 Å². The number of carboxylic acid groups (broad SMARTS) is 1. The summed E-state index contributed by atoms with van der Waals surface area (Å²) in [5.74, 6) is -0.855. The van der Waals surface area contributed by atoms with Gasteiger partial charge in [-0.1, -0.05) is 25.0 Å². The molecular formula is C11H18O2. The van der Waals surface area contributed by atoms with E-state index in [4.69, 9.17) is 5.11 Å². The van der Waals surface area contributed by atoms with E-state index in [1.165, 1.54) is 25.3 Å². The molecule has 0 aliphatic carbocycles. The molecule has 0 spiro atoms. The fourth-order valence-corrected chi connectivity index (χ4v) is 1.09. The van der Waals surface area contributed by atoms with E-state index in [0.29, 0.717) is 0 Å². The minimum Gasteiger partial charge on any atom is -0.478 e. The summed E-state index contributed by atoms with van der Waals surface area (Å²) in [6, 6.07) is 0. The normalized spacial score (nSPS) is 10.5. The largest absolute Gasteiger partial charge is 0.478 e. The summed E-state index contributed by atoms with van der Waals surface area (Å²) in [5.41, 5.74) is 0. The first-order valence-electron chi connectivity index (χ1n) is 4.77. The summed E-state index contributed by atoms with van der Waals surface area (Å²) >= 11 is 0. The Labute approximate surface area is 80.0 Å². The molecule has 0 saturated carbocycles. The molecular weight excluding hydrogens is 164 g/mol. The standard InChI is InChI=1S/C11H18O2/c1-2-3-4-5-6-7-8-9-10-11(12)13/h2,9-10H,1,3-8H2,(H,12,13)/b10-9+. The predicted octanol–water partition coefficient (Wildman–Crippen LogP) is 3.15. The molecule has 0 amide bonds. The van der Waals surface area contributed by atoms with Gasteiger partial charge in [0.1, 0.15) is 0 Å². The van der Waals surface area contributed by atoms with Crippen molar-refractivity contribution < 1.29 is 9.90 Å². The molecule has 0 aliphatic rings. The summed E-state index contributed by atoms with van der Waals surface area (Å²) in [4.78, 5) is 10.1. The molecule has 0 aromatic rings. The average Bonchev–Trinajstić information content (AvgIpc) is 2.09. The van der Waals surface area contributed by atoms with Crippen LogP contribution in [-0.2, 0) is 4.79 Å². The van der Waals surface area contributed by atoms with Crippen LogP contribution in [0.2, 0.25) is 0 Å². The van der Waals surface area contributed by atoms with Gasteiger partial charge in [0, 0.05) is 6.08 Å². The Kier molecular flexibility index (Phi) is 8.31. The number of aliphatic carboxylic acids is 1. The van der Waals surface area contributed by atoms with Crippen molar-refractivity contribution in [1.82, 2.24) is 0 Å². The highest BCUT2D eigenvalue weighted by atomic mass is 16.4. The lowest BCUT2D eigenvalue weighted by Gasteiger charge is -1.95. The molecule has 1 N–H and O–H groups in total. The SMILES string of the molecule is C=CCCCCCC/C=C/C(=O)O. The van der Waals surface area contributed by atoms with Crippen molar-refractivity contribution in [1.29, 1.82) is 0 Å². The molecule has 0 unspecified atom stereocenters. The van der Waals surface area contributed by atoms with Crippen LogP contribution in [0, 0.1) is 0 Å². The quantitative estimate of drug-likeness (QED) is 0.355. The summed E-state index contributed by atoms with van der Waals surface area (Å²) in [6.45, 7) is 3.65. The lowest BCUT2D eigenvalue weighted by molar-refractivity contribution is -0.131. The monoisotopic (exact) mass is 182 g/mol. The minimum absolute atomic E-state index is 0.855. The molecule has 0 radical (unpaired) electrons. The molecule has 0 atom stereocenters. The fraction of sp³-hybridized carbons (Fsp3) is 0.545. The van der Waals surface area contributed by atoms with Crippen LogP contribution in [0.5, 0.6) is 0 Å². The van der Waals surface area contributed by atoms with Gasteiger partial charge in [-0.25, -0.2) is 4.79 Å². The third-order valence-corrected chi connectivity index (χ3v) is 1.79. The molecule has 74 valence electrons. The van der Waals surface area contributed by atoms with Crippen molar-refractivity contribution in [3.63, 3.8) is 0 Å². The highest BCUT2D eigenvalue weighted by Gasteiger charge is 1.88. The fourth-order valence-electron chi connectivity index (χ4n) is 1.09. The van der Waals surface area contributed by atoms with E-state index in [9.17, 15) is 4.79 Å². The van der Waals surface area contributed by atoms with Gasteiger partial charge >= 0.3 is 5.97 Å². The second-order valence-corrected chi connectivity index (χ2v) is 3.02. The van der Waals surface area contributed by atoms with Gasteiger partial charge in [0.25, 0.3) is 0 Å². The number of carbonyl (C=O) groups is 1. The molecule has 0 aliphatic heterocycles. The lowest BCUT2D eigenvalue weighted by Crippen LogP contribution is -1.85. The van der Waals surface area contributed by atoms with Crippen LogP contribution in [-0.4, -0.2) is 11.1 Å². The van der Waals surface area contributed by atoms with Crippen LogP contribution >= 0.6 is 0 Å². The van der Waals surface area contributed by atoms with Gasteiger partial charge in [0.15, 0.2) is 0 Å². The van der Waals surface area contributed by atoms with Gasteiger partial charge in [-0.15, -0.1) is 6.58 Å². The Hall–Kier alpha value is -1.05. The molecule has 0 fully saturated rings. The maximum absolute atomic E-state index is 10.1. The first kappa shape index (κ1) is 11.9. The van der Waals surface area contributed by atoms with Crippen molar-refractivity contribution in [2.45, 2.75) is 38.5 Å². The summed E-state index contributed by atoms with van der Waals surface area (Å²) in [5, 5.41) is 8.29.